The number of nitrogens with zero attached hydrogens (tertiary/aromatic N) is 2. The lowest BCUT2D eigenvalue weighted by atomic mass is 10.1. The van der Waals surface area contributed by atoms with E-state index in [1.165, 1.54) is 37.9 Å². The van der Waals surface area contributed by atoms with Crippen molar-refractivity contribution in [1.82, 2.24) is 20.5 Å². The molecule has 3 rings (SSSR count). The van der Waals surface area contributed by atoms with E-state index in [0.717, 1.165) is 17.7 Å². The van der Waals surface area contributed by atoms with Crippen LogP contribution in [-0.4, -0.2) is 35.6 Å². The van der Waals surface area contributed by atoms with Crippen molar-refractivity contribution in [2.75, 3.05) is 19.7 Å². The first-order chi connectivity index (χ1) is 13.7. The van der Waals surface area contributed by atoms with Crippen LogP contribution in [0.5, 0.6) is 5.88 Å². The molecule has 0 saturated carbocycles. The summed E-state index contributed by atoms with van der Waals surface area (Å²) in [6, 6.07) is 12.0. The Balaban J connectivity index is 1.42. The van der Waals surface area contributed by atoms with Gasteiger partial charge in [-0.25, -0.2) is 9.78 Å². The Kier molecular flexibility index (Phi) is 7.67. The van der Waals surface area contributed by atoms with Gasteiger partial charge < -0.3 is 15.4 Å². The molecule has 0 spiro atoms. The highest BCUT2D eigenvalue weighted by molar-refractivity contribution is 5.73. The molecule has 1 aromatic carbocycles. The number of aromatic nitrogens is 1. The van der Waals surface area contributed by atoms with E-state index >= 15 is 0 Å². The van der Waals surface area contributed by atoms with E-state index in [4.69, 9.17) is 4.74 Å². The summed E-state index contributed by atoms with van der Waals surface area (Å²) in [5, 5.41) is 5.76. The van der Waals surface area contributed by atoms with Gasteiger partial charge in [-0.1, -0.05) is 36.8 Å². The minimum atomic E-state index is -0.205. The van der Waals surface area contributed by atoms with Crippen LogP contribution in [0.15, 0.2) is 42.6 Å². The fourth-order valence-corrected chi connectivity index (χ4v) is 3.38. The van der Waals surface area contributed by atoms with Gasteiger partial charge in [-0.3, -0.25) is 4.90 Å². The third kappa shape index (κ3) is 6.23. The SMILES string of the molecule is CCOc1ncccc1CNC(=O)NCc1ccc(CN2CCCCC2)cc1. The third-order valence-electron chi connectivity index (χ3n) is 4.90. The average molecular weight is 383 g/mol. The molecule has 2 N–H and O–H groups in total. The number of nitrogens with one attached hydrogen (secondary N) is 2. The van der Waals surface area contributed by atoms with Crippen LogP contribution in [0.25, 0.3) is 0 Å². The van der Waals surface area contributed by atoms with Crippen LogP contribution in [0.4, 0.5) is 4.79 Å². The van der Waals surface area contributed by atoms with Crippen molar-refractivity contribution in [2.45, 2.75) is 45.8 Å². The van der Waals surface area contributed by atoms with Crippen LogP contribution >= 0.6 is 0 Å². The molecular weight excluding hydrogens is 352 g/mol. The van der Waals surface area contributed by atoms with Gasteiger partial charge in [0.15, 0.2) is 0 Å². The van der Waals surface area contributed by atoms with Crippen molar-refractivity contribution in [3.05, 3.63) is 59.3 Å². The minimum Gasteiger partial charge on any atom is -0.478 e. The molecule has 1 aliphatic heterocycles. The summed E-state index contributed by atoms with van der Waals surface area (Å²) in [5.74, 6) is 0.564. The van der Waals surface area contributed by atoms with Crippen LogP contribution in [0.1, 0.15) is 42.9 Å². The maximum Gasteiger partial charge on any atom is 0.315 e. The fraction of sp³-hybridized carbons (Fsp3) is 0.455. The zero-order valence-electron chi connectivity index (χ0n) is 16.6. The van der Waals surface area contributed by atoms with Gasteiger partial charge in [0, 0.05) is 31.4 Å². The highest BCUT2D eigenvalue weighted by atomic mass is 16.5. The van der Waals surface area contributed by atoms with Crippen molar-refractivity contribution >= 4 is 6.03 Å². The van der Waals surface area contributed by atoms with Crippen LogP contribution < -0.4 is 15.4 Å². The number of carbonyl (C=O) groups is 1. The average Bonchev–Trinajstić information content (AvgIpc) is 2.73. The second-order valence-corrected chi connectivity index (χ2v) is 7.09. The zero-order valence-corrected chi connectivity index (χ0v) is 16.6. The van der Waals surface area contributed by atoms with Crippen molar-refractivity contribution < 1.29 is 9.53 Å². The molecule has 1 saturated heterocycles. The Morgan fingerprint density at radius 2 is 1.75 bits per heavy atom. The fourth-order valence-electron chi connectivity index (χ4n) is 3.38. The predicted molar refractivity (Wildman–Crippen MR) is 110 cm³/mol. The van der Waals surface area contributed by atoms with Gasteiger partial charge in [-0.05, 0) is 50.0 Å². The highest BCUT2D eigenvalue weighted by Crippen LogP contribution is 2.14. The first kappa shape index (κ1) is 20.1. The van der Waals surface area contributed by atoms with E-state index in [-0.39, 0.29) is 6.03 Å². The number of pyridine rings is 1. The number of ether oxygens (including phenoxy) is 1. The van der Waals surface area contributed by atoms with E-state index < -0.39 is 0 Å². The monoisotopic (exact) mass is 382 g/mol. The molecule has 1 fully saturated rings. The molecule has 2 amide bonds. The second-order valence-electron chi connectivity index (χ2n) is 7.09. The van der Waals surface area contributed by atoms with Gasteiger partial charge in [-0.15, -0.1) is 0 Å². The Morgan fingerprint density at radius 3 is 2.50 bits per heavy atom. The van der Waals surface area contributed by atoms with Crippen LogP contribution in [0.2, 0.25) is 0 Å². The maximum atomic E-state index is 12.1. The molecule has 6 nitrogen and oxygen atoms in total. The van der Waals surface area contributed by atoms with E-state index in [1.54, 1.807) is 6.20 Å². The molecule has 1 aromatic heterocycles. The summed E-state index contributed by atoms with van der Waals surface area (Å²) in [6.07, 6.45) is 5.66. The molecule has 2 heterocycles. The molecule has 0 bridgehead atoms. The van der Waals surface area contributed by atoms with Gasteiger partial charge >= 0.3 is 6.03 Å². The first-order valence-corrected chi connectivity index (χ1v) is 10.1. The number of likely N-dealkylation sites (tertiary alicyclic amines) is 1. The zero-order chi connectivity index (χ0) is 19.6. The molecule has 150 valence electrons. The van der Waals surface area contributed by atoms with Crippen LogP contribution in [0, 0.1) is 0 Å². The summed E-state index contributed by atoms with van der Waals surface area (Å²) in [6.45, 7) is 6.75. The third-order valence-corrected chi connectivity index (χ3v) is 4.90. The maximum absolute atomic E-state index is 12.1. The van der Waals surface area contributed by atoms with Crippen molar-refractivity contribution in [2.24, 2.45) is 0 Å². The number of hydrogen-bond donors (Lipinski definition) is 2. The molecule has 2 aromatic rings. The lowest BCUT2D eigenvalue weighted by molar-refractivity contribution is 0.221. The van der Waals surface area contributed by atoms with Crippen LogP contribution in [0.3, 0.4) is 0 Å². The van der Waals surface area contributed by atoms with Crippen molar-refractivity contribution in [3.63, 3.8) is 0 Å². The topological polar surface area (TPSA) is 66.5 Å². The predicted octanol–water partition coefficient (Wildman–Crippen LogP) is 3.47. The Labute approximate surface area is 167 Å². The molecule has 6 heteroatoms. The van der Waals surface area contributed by atoms with Gasteiger partial charge in [0.2, 0.25) is 5.88 Å². The quantitative estimate of drug-likeness (QED) is 0.734. The molecule has 28 heavy (non-hydrogen) atoms. The Bertz CT molecular complexity index is 742. The summed E-state index contributed by atoms with van der Waals surface area (Å²) in [7, 11) is 0. The number of amides is 2. The van der Waals surface area contributed by atoms with E-state index in [1.807, 2.05) is 19.1 Å². The van der Waals surface area contributed by atoms with E-state index in [2.05, 4.69) is 44.8 Å². The first-order valence-electron chi connectivity index (χ1n) is 10.1. The summed E-state index contributed by atoms with van der Waals surface area (Å²) >= 11 is 0. The van der Waals surface area contributed by atoms with E-state index in [9.17, 15) is 4.79 Å². The number of hydrogen-bond acceptors (Lipinski definition) is 4. The molecule has 0 unspecified atom stereocenters. The number of carbonyl (C=O) groups excluding carboxylic acids is 1. The standard InChI is InChI=1S/C22H30N4O2/c1-2-28-21-20(7-6-12-23-21)16-25-22(27)24-15-18-8-10-19(11-9-18)17-26-13-4-3-5-14-26/h6-12H,2-5,13-17H2,1H3,(H2,24,25,27). The molecular formula is C22H30N4O2. The van der Waals surface area contributed by atoms with E-state index in [0.29, 0.717) is 25.6 Å². The number of urea groups is 1. The normalized spacial score (nSPS) is 14.5. The summed E-state index contributed by atoms with van der Waals surface area (Å²) in [4.78, 5) is 18.8. The lowest BCUT2D eigenvalue weighted by Gasteiger charge is -2.26. The summed E-state index contributed by atoms with van der Waals surface area (Å²) < 4.78 is 5.48. The van der Waals surface area contributed by atoms with Crippen molar-refractivity contribution in [1.29, 1.82) is 0 Å². The largest absolute Gasteiger partial charge is 0.478 e. The number of rotatable bonds is 8. The minimum absolute atomic E-state index is 0.205. The Morgan fingerprint density at radius 1 is 1.04 bits per heavy atom. The van der Waals surface area contributed by atoms with Gasteiger partial charge in [0.1, 0.15) is 0 Å². The lowest BCUT2D eigenvalue weighted by Crippen LogP contribution is -2.34. The van der Waals surface area contributed by atoms with Gasteiger partial charge in [0.05, 0.1) is 6.61 Å². The van der Waals surface area contributed by atoms with Gasteiger partial charge in [-0.2, -0.15) is 0 Å². The molecule has 0 atom stereocenters. The number of piperidine rings is 1. The Hall–Kier alpha value is -2.60. The van der Waals surface area contributed by atoms with Gasteiger partial charge in [0.25, 0.3) is 0 Å². The smallest absolute Gasteiger partial charge is 0.315 e. The molecule has 0 radical (unpaired) electrons. The summed E-state index contributed by atoms with van der Waals surface area (Å²) in [5.41, 5.74) is 3.28. The second kappa shape index (κ2) is 10.7. The highest BCUT2D eigenvalue weighted by Gasteiger charge is 2.10. The van der Waals surface area contributed by atoms with Crippen molar-refractivity contribution in [3.8, 4) is 5.88 Å². The molecule has 0 aliphatic carbocycles. The molecule has 1 aliphatic rings. The van der Waals surface area contributed by atoms with Crippen LogP contribution in [-0.2, 0) is 19.6 Å². The number of benzene rings is 1.